The number of carbonyl (C=O) groups is 1. The Hall–Kier alpha value is -2.17. The largest absolute Gasteiger partial charge is 0.760 e. The summed E-state index contributed by atoms with van der Waals surface area (Å²) in [7, 11) is 3.35. The Morgan fingerprint density at radius 3 is 2.53 bits per heavy atom. The van der Waals surface area contributed by atoms with E-state index in [4.69, 9.17) is 0 Å². The van der Waals surface area contributed by atoms with Gasteiger partial charge in [0.25, 0.3) is 0 Å². The first kappa shape index (κ1) is 24.5. The first-order chi connectivity index (χ1) is 15.4. The summed E-state index contributed by atoms with van der Waals surface area (Å²) in [4.78, 5) is 16.3. The minimum Gasteiger partial charge on any atom is -0.760 e. The lowest BCUT2D eigenvalue weighted by atomic mass is 10.1. The summed E-state index contributed by atoms with van der Waals surface area (Å²) >= 11 is -2.50. The zero-order chi connectivity index (χ0) is 23.1. The van der Waals surface area contributed by atoms with Crippen LogP contribution in [0.3, 0.4) is 0 Å². The molecule has 1 fully saturated rings. The number of ether oxygens (including phenoxy) is 1. The van der Waals surface area contributed by atoms with Crippen LogP contribution in [0.2, 0.25) is 0 Å². The minimum absolute atomic E-state index is 0.0840. The molecule has 32 heavy (non-hydrogen) atoms. The van der Waals surface area contributed by atoms with E-state index in [1.165, 1.54) is 29.1 Å². The van der Waals surface area contributed by atoms with Crippen LogP contribution in [-0.2, 0) is 35.5 Å². The van der Waals surface area contributed by atoms with E-state index in [-0.39, 0.29) is 24.2 Å². The second-order valence-electron chi connectivity index (χ2n) is 8.03. The number of rotatable bonds is 9. The van der Waals surface area contributed by atoms with Crippen LogP contribution in [0.5, 0.6) is 0 Å². The second kappa shape index (κ2) is 11.6. The van der Waals surface area contributed by atoms with Crippen molar-refractivity contribution in [1.82, 2.24) is 14.1 Å². The second-order valence-corrected chi connectivity index (χ2v) is 8.98. The van der Waals surface area contributed by atoms with Crippen molar-refractivity contribution in [2.45, 2.75) is 19.5 Å². The van der Waals surface area contributed by atoms with Crippen molar-refractivity contribution in [3.05, 3.63) is 70.5 Å². The summed E-state index contributed by atoms with van der Waals surface area (Å²) in [6.07, 6.45) is 0.520. The van der Waals surface area contributed by atoms with Gasteiger partial charge >= 0.3 is 5.97 Å². The van der Waals surface area contributed by atoms with Crippen molar-refractivity contribution in [3.63, 3.8) is 0 Å². The van der Waals surface area contributed by atoms with Crippen LogP contribution in [0.4, 0.5) is 4.39 Å². The van der Waals surface area contributed by atoms with E-state index in [9.17, 15) is 17.9 Å². The molecule has 0 aromatic heterocycles. The van der Waals surface area contributed by atoms with Gasteiger partial charge in [-0.3, -0.25) is 9.11 Å². The third-order valence-electron chi connectivity index (χ3n) is 5.68. The number of likely N-dealkylation sites (N-methyl/N-ethyl adjacent to an activating group) is 1. The highest BCUT2D eigenvalue weighted by Gasteiger charge is 2.15. The van der Waals surface area contributed by atoms with Crippen molar-refractivity contribution in [3.8, 4) is 0 Å². The Balaban J connectivity index is 1.60. The van der Waals surface area contributed by atoms with Crippen molar-refractivity contribution >= 4 is 17.2 Å². The summed E-state index contributed by atoms with van der Waals surface area (Å²) < 4.78 is 43.6. The zero-order valence-electron chi connectivity index (χ0n) is 18.5. The monoisotopic (exact) mass is 462 g/mol. The molecule has 0 spiro atoms. The number of esters is 1. The molecule has 1 heterocycles. The number of hydrogen-bond acceptors (Lipinski definition) is 6. The molecule has 1 aliphatic rings. The number of benzene rings is 2. The maximum absolute atomic E-state index is 14.4. The molecule has 174 valence electrons. The molecule has 0 saturated carbocycles. The van der Waals surface area contributed by atoms with E-state index >= 15 is 0 Å². The standard InChI is InChI=1S/C23H30FN3O4S/c1-25-10-12-26(13-11-25)16-19-5-3-4-18(14-19)8-9-27(32(29)30)17-21-7-6-20(15-22(21)24)23(28)31-2/h3-7,14-15H,8-13,16-17H2,1-2H3,(H,29,30)/p-1. The minimum atomic E-state index is -2.50. The number of halogens is 1. The van der Waals surface area contributed by atoms with Crippen LogP contribution >= 0.6 is 0 Å². The summed E-state index contributed by atoms with van der Waals surface area (Å²) in [6.45, 7) is 5.17. The third kappa shape index (κ3) is 6.91. The lowest BCUT2D eigenvalue weighted by Crippen LogP contribution is -2.43. The normalized spacial score (nSPS) is 16.3. The van der Waals surface area contributed by atoms with Gasteiger partial charge in [0.05, 0.1) is 12.7 Å². The fourth-order valence-electron chi connectivity index (χ4n) is 3.72. The number of methoxy groups -OCH3 is 1. The van der Waals surface area contributed by atoms with Crippen LogP contribution in [0.25, 0.3) is 0 Å². The Morgan fingerprint density at radius 1 is 1.16 bits per heavy atom. The molecule has 2 aromatic carbocycles. The molecule has 1 aliphatic heterocycles. The predicted octanol–water partition coefficient (Wildman–Crippen LogP) is 2.20. The Bertz CT molecular complexity index is 951. The molecule has 0 bridgehead atoms. The maximum Gasteiger partial charge on any atom is 0.337 e. The zero-order valence-corrected chi connectivity index (χ0v) is 19.3. The highest BCUT2D eigenvalue weighted by molar-refractivity contribution is 7.76. The quantitative estimate of drug-likeness (QED) is 0.420. The van der Waals surface area contributed by atoms with E-state index in [1.54, 1.807) is 0 Å². The van der Waals surface area contributed by atoms with Gasteiger partial charge in [0.15, 0.2) is 0 Å². The molecule has 9 heteroatoms. The van der Waals surface area contributed by atoms with Crippen molar-refractivity contribution in [1.29, 1.82) is 0 Å². The molecule has 1 unspecified atom stereocenters. The van der Waals surface area contributed by atoms with Crippen LogP contribution in [0.15, 0.2) is 42.5 Å². The average Bonchev–Trinajstić information content (AvgIpc) is 2.78. The van der Waals surface area contributed by atoms with Gasteiger partial charge in [0.2, 0.25) is 0 Å². The summed E-state index contributed by atoms with van der Waals surface area (Å²) in [5.74, 6) is -1.28. The number of piperazine rings is 1. The maximum atomic E-state index is 14.4. The molecule has 2 aromatic rings. The Kier molecular flexibility index (Phi) is 8.89. The van der Waals surface area contributed by atoms with Gasteiger partial charge in [-0.15, -0.1) is 0 Å². The third-order valence-corrected chi connectivity index (χ3v) is 6.41. The molecule has 0 N–H and O–H groups in total. The molecule has 0 amide bonds. The van der Waals surface area contributed by atoms with E-state index < -0.39 is 23.1 Å². The van der Waals surface area contributed by atoms with Crippen LogP contribution in [0.1, 0.15) is 27.0 Å². The number of hydrogen-bond donors (Lipinski definition) is 0. The summed E-state index contributed by atoms with van der Waals surface area (Å²) in [5.41, 5.74) is 2.52. The molecule has 1 atom stereocenters. The van der Waals surface area contributed by atoms with Gasteiger partial charge in [-0.1, -0.05) is 30.3 Å². The van der Waals surface area contributed by atoms with E-state index in [0.29, 0.717) is 6.42 Å². The molecule has 0 aliphatic carbocycles. The molecule has 7 nitrogen and oxygen atoms in total. The highest BCUT2D eigenvalue weighted by Crippen LogP contribution is 2.16. The van der Waals surface area contributed by atoms with Crippen LogP contribution < -0.4 is 0 Å². The van der Waals surface area contributed by atoms with Gasteiger partial charge < -0.3 is 14.2 Å². The van der Waals surface area contributed by atoms with Crippen molar-refractivity contribution in [2.24, 2.45) is 0 Å². The molecule has 0 radical (unpaired) electrons. The summed E-state index contributed by atoms with van der Waals surface area (Å²) in [6, 6.07) is 12.1. The topological polar surface area (TPSA) is 76.2 Å². The van der Waals surface area contributed by atoms with Crippen molar-refractivity contribution < 1.29 is 22.7 Å². The average molecular weight is 463 g/mol. The Labute approximate surface area is 191 Å². The Morgan fingerprint density at radius 2 is 1.88 bits per heavy atom. The van der Waals surface area contributed by atoms with E-state index in [1.807, 2.05) is 12.1 Å². The van der Waals surface area contributed by atoms with Crippen molar-refractivity contribution in [2.75, 3.05) is 46.9 Å². The smallest absolute Gasteiger partial charge is 0.337 e. The summed E-state index contributed by atoms with van der Waals surface area (Å²) in [5, 5.41) is 0. The highest BCUT2D eigenvalue weighted by atomic mass is 32.2. The van der Waals surface area contributed by atoms with Gasteiger partial charge in [0.1, 0.15) is 5.82 Å². The lowest BCUT2D eigenvalue weighted by molar-refractivity contribution is 0.0600. The molecule has 3 rings (SSSR count). The fraction of sp³-hybridized carbons (Fsp3) is 0.435. The van der Waals surface area contributed by atoms with Gasteiger partial charge in [0, 0.05) is 62.6 Å². The van der Waals surface area contributed by atoms with Crippen LogP contribution in [0, 0.1) is 5.82 Å². The molecule has 1 saturated heterocycles. The van der Waals surface area contributed by atoms with E-state index in [2.05, 4.69) is 33.7 Å². The fourth-order valence-corrected chi connectivity index (χ4v) is 4.20. The molecular formula is C23H29FN3O4S-. The number of carbonyl (C=O) groups excluding carboxylic acids is 1. The first-order valence-corrected chi connectivity index (χ1v) is 11.6. The van der Waals surface area contributed by atoms with E-state index in [0.717, 1.165) is 44.4 Å². The van der Waals surface area contributed by atoms with Gasteiger partial charge in [-0.05, 0) is 36.7 Å². The molecular weight excluding hydrogens is 433 g/mol. The SMILES string of the molecule is COC(=O)c1ccc(CN(CCc2cccc(CN3CCN(C)CC3)c2)S(=O)[O-])c(F)c1. The predicted molar refractivity (Wildman–Crippen MR) is 120 cm³/mol. The van der Waals surface area contributed by atoms with Crippen LogP contribution in [-0.4, -0.2) is 75.7 Å². The van der Waals surface area contributed by atoms with Gasteiger partial charge in [-0.25, -0.2) is 13.5 Å². The number of nitrogens with zero attached hydrogens (tertiary/aromatic N) is 3. The lowest BCUT2D eigenvalue weighted by Gasteiger charge is -2.32. The van der Waals surface area contributed by atoms with Gasteiger partial charge in [-0.2, -0.15) is 0 Å². The first-order valence-electron chi connectivity index (χ1n) is 10.6.